The van der Waals surface area contributed by atoms with Gasteiger partial charge in [-0.1, -0.05) is 37.6 Å². The first kappa shape index (κ1) is 24.9. The highest BCUT2D eigenvalue weighted by atomic mass is 33.1. The predicted molar refractivity (Wildman–Crippen MR) is 138 cm³/mol. The molecule has 0 aromatic carbocycles. The number of carbonyl (C=O) groups excluding carboxylic acids is 1. The van der Waals surface area contributed by atoms with Crippen molar-refractivity contribution in [2.45, 2.75) is 64.9 Å². The number of nitrogens with zero attached hydrogens (tertiary/aromatic N) is 1. The summed E-state index contributed by atoms with van der Waals surface area (Å²) in [5.74, 6) is 1.73. The minimum Gasteiger partial charge on any atom is -0.431 e. The SMILES string of the molecule is C[C@]12CC[C@H](OC(=O)OCSS(C)(=O)=O)CC1=CC[C@@H]1[C@@H]2CC[C@]2(C)C(c3cccnc3)=CC[C@@H]12. The molecule has 1 aromatic heterocycles. The van der Waals surface area contributed by atoms with E-state index in [4.69, 9.17) is 9.47 Å². The Kier molecular flexibility index (Phi) is 6.58. The number of rotatable bonds is 5. The number of aromatic nitrogens is 1. The van der Waals surface area contributed by atoms with Crippen molar-refractivity contribution in [1.29, 1.82) is 0 Å². The van der Waals surface area contributed by atoms with Crippen LogP contribution in [0.1, 0.15) is 64.4 Å². The number of ether oxygens (including phenoxy) is 2. The minimum absolute atomic E-state index is 0.150. The van der Waals surface area contributed by atoms with Crippen LogP contribution < -0.4 is 0 Å². The van der Waals surface area contributed by atoms with Crippen LogP contribution in [0.2, 0.25) is 0 Å². The van der Waals surface area contributed by atoms with E-state index >= 15 is 0 Å². The third kappa shape index (κ3) is 4.68. The van der Waals surface area contributed by atoms with E-state index in [0.29, 0.717) is 28.5 Å². The normalized spacial score (nSPS) is 36.2. The Labute approximate surface area is 212 Å². The van der Waals surface area contributed by atoms with Gasteiger partial charge in [-0.3, -0.25) is 4.98 Å². The molecule has 0 amide bonds. The number of fused-ring (bicyclic) bond motifs is 5. The average molecular weight is 518 g/mol. The van der Waals surface area contributed by atoms with Crippen molar-refractivity contribution in [1.82, 2.24) is 4.98 Å². The topological polar surface area (TPSA) is 82.6 Å². The second-order valence-electron chi connectivity index (χ2n) is 11.1. The van der Waals surface area contributed by atoms with E-state index in [1.165, 1.54) is 29.6 Å². The van der Waals surface area contributed by atoms with E-state index < -0.39 is 15.0 Å². The molecule has 4 aliphatic carbocycles. The Morgan fingerprint density at radius 1 is 1.14 bits per heavy atom. The molecular weight excluding hydrogens is 482 g/mol. The Balaban J connectivity index is 1.26. The molecule has 35 heavy (non-hydrogen) atoms. The fraction of sp³-hybridized carbons (Fsp3) is 0.630. The van der Waals surface area contributed by atoms with E-state index in [0.717, 1.165) is 38.4 Å². The second-order valence-corrected chi connectivity index (χ2v) is 15.5. The summed E-state index contributed by atoms with van der Waals surface area (Å²) in [7, 11) is -2.66. The average Bonchev–Trinajstić information content (AvgIpc) is 3.16. The van der Waals surface area contributed by atoms with Crippen LogP contribution >= 0.6 is 10.8 Å². The van der Waals surface area contributed by atoms with Crippen molar-refractivity contribution < 1.29 is 22.7 Å². The van der Waals surface area contributed by atoms with Crippen molar-refractivity contribution >= 4 is 31.4 Å². The first-order valence-corrected chi connectivity index (χ1v) is 16.0. The van der Waals surface area contributed by atoms with Gasteiger partial charge >= 0.3 is 6.16 Å². The van der Waals surface area contributed by atoms with Crippen molar-refractivity contribution in [2.24, 2.45) is 28.6 Å². The molecule has 5 rings (SSSR count). The Bertz CT molecular complexity index is 1150. The van der Waals surface area contributed by atoms with E-state index in [9.17, 15) is 13.2 Å². The lowest BCUT2D eigenvalue weighted by Crippen LogP contribution is -2.50. The first-order chi connectivity index (χ1) is 16.6. The summed E-state index contributed by atoms with van der Waals surface area (Å²) in [6.07, 6.45) is 16.1. The van der Waals surface area contributed by atoms with Crippen molar-refractivity contribution in [2.75, 3.05) is 12.2 Å². The van der Waals surface area contributed by atoms with Gasteiger partial charge in [-0.15, -0.1) is 0 Å². The number of allylic oxidation sites excluding steroid dienone is 3. The number of pyridine rings is 1. The van der Waals surface area contributed by atoms with Gasteiger partial charge in [0.1, 0.15) is 6.10 Å². The zero-order chi connectivity index (χ0) is 24.8. The van der Waals surface area contributed by atoms with Gasteiger partial charge in [-0.25, -0.2) is 13.2 Å². The standard InChI is InChI=1S/C27H35NO5S2/c1-26-12-10-20(33-25(29)32-17-34-35(3,30)31)15-19(26)6-7-21-23-9-8-22(18-5-4-14-28-16-18)27(23,2)13-11-24(21)26/h4-6,8,14,16,20-21,23-24H,7,9-13,15,17H2,1-3H3/t20-,21-,23-,24-,26-,27+/m0/s1. The van der Waals surface area contributed by atoms with Crippen LogP contribution in [0.15, 0.2) is 42.3 Å². The predicted octanol–water partition coefficient (Wildman–Crippen LogP) is 6.21. The fourth-order valence-corrected chi connectivity index (χ4v) is 8.58. The molecule has 0 aliphatic heterocycles. The lowest BCUT2D eigenvalue weighted by atomic mass is 9.47. The van der Waals surface area contributed by atoms with Crippen LogP contribution in [0, 0.1) is 28.6 Å². The molecule has 1 aromatic rings. The minimum atomic E-state index is -3.25. The van der Waals surface area contributed by atoms with Crippen LogP contribution in [-0.2, 0) is 18.3 Å². The molecule has 0 bridgehead atoms. The summed E-state index contributed by atoms with van der Waals surface area (Å²) in [6, 6.07) is 4.24. The maximum absolute atomic E-state index is 12.1. The number of carbonyl (C=O) groups is 1. The van der Waals surface area contributed by atoms with Crippen LogP contribution in [0.5, 0.6) is 0 Å². The van der Waals surface area contributed by atoms with Gasteiger partial charge in [-0.2, -0.15) is 0 Å². The number of hydrogen-bond acceptors (Lipinski definition) is 7. The largest absolute Gasteiger partial charge is 0.509 e. The Hall–Kier alpha value is -1.80. The summed E-state index contributed by atoms with van der Waals surface area (Å²) in [6.45, 7) is 4.90. The molecule has 2 fully saturated rings. The summed E-state index contributed by atoms with van der Waals surface area (Å²) in [4.78, 5) is 16.5. The maximum Gasteiger partial charge on any atom is 0.509 e. The van der Waals surface area contributed by atoms with E-state index in [-0.39, 0.29) is 22.9 Å². The third-order valence-corrected chi connectivity index (χ3v) is 11.5. The van der Waals surface area contributed by atoms with E-state index in [1.54, 1.807) is 0 Å². The lowest BCUT2D eigenvalue weighted by Gasteiger charge is -2.57. The quantitative estimate of drug-likeness (QED) is 0.199. The summed E-state index contributed by atoms with van der Waals surface area (Å²) in [5.41, 5.74) is 4.54. The molecular formula is C27H35NO5S2. The highest BCUT2D eigenvalue weighted by Crippen LogP contribution is 2.66. The van der Waals surface area contributed by atoms with Crippen molar-refractivity contribution in [3.05, 3.63) is 47.8 Å². The monoisotopic (exact) mass is 517 g/mol. The highest BCUT2D eigenvalue weighted by Gasteiger charge is 2.57. The third-order valence-electron chi connectivity index (χ3n) is 9.31. The maximum atomic E-state index is 12.1. The van der Waals surface area contributed by atoms with Gasteiger partial charge in [0, 0.05) is 35.9 Å². The molecule has 1 heterocycles. The zero-order valence-electron chi connectivity index (χ0n) is 20.7. The molecule has 2 saturated carbocycles. The molecule has 0 spiro atoms. The van der Waals surface area contributed by atoms with E-state index in [1.807, 2.05) is 18.5 Å². The van der Waals surface area contributed by atoms with Crippen LogP contribution in [0.3, 0.4) is 0 Å². The molecule has 6 atom stereocenters. The molecule has 0 saturated heterocycles. The van der Waals surface area contributed by atoms with Gasteiger partial charge in [0.05, 0.1) is 0 Å². The van der Waals surface area contributed by atoms with Gasteiger partial charge in [-0.05, 0) is 84.3 Å². The second kappa shape index (κ2) is 9.25. The molecule has 6 nitrogen and oxygen atoms in total. The summed E-state index contributed by atoms with van der Waals surface area (Å²) >= 11 is 0. The smallest absolute Gasteiger partial charge is 0.431 e. The highest BCUT2D eigenvalue weighted by molar-refractivity contribution is 8.71. The molecule has 4 aliphatic rings. The first-order valence-electron chi connectivity index (χ1n) is 12.6. The molecule has 190 valence electrons. The molecule has 0 unspecified atom stereocenters. The van der Waals surface area contributed by atoms with E-state index in [2.05, 4.69) is 37.0 Å². The van der Waals surface area contributed by atoms with Crippen molar-refractivity contribution in [3.63, 3.8) is 0 Å². The lowest BCUT2D eigenvalue weighted by molar-refractivity contribution is -0.0340. The Morgan fingerprint density at radius 2 is 1.94 bits per heavy atom. The summed E-state index contributed by atoms with van der Waals surface area (Å²) < 4.78 is 32.9. The van der Waals surface area contributed by atoms with Gasteiger partial charge < -0.3 is 9.47 Å². The van der Waals surface area contributed by atoms with Gasteiger partial charge in [0.25, 0.3) is 0 Å². The Morgan fingerprint density at radius 3 is 2.69 bits per heavy atom. The summed E-state index contributed by atoms with van der Waals surface area (Å²) in [5, 5.41) is 0. The van der Waals surface area contributed by atoms with Gasteiger partial charge in [0.2, 0.25) is 8.87 Å². The van der Waals surface area contributed by atoms with Crippen molar-refractivity contribution in [3.8, 4) is 0 Å². The number of hydrogen-bond donors (Lipinski definition) is 0. The van der Waals surface area contributed by atoms with Crippen LogP contribution in [0.4, 0.5) is 4.79 Å². The fourth-order valence-electron chi connectivity index (χ4n) is 7.59. The van der Waals surface area contributed by atoms with Crippen LogP contribution in [0.25, 0.3) is 5.57 Å². The molecule has 8 heteroatoms. The van der Waals surface area contributed by atoms with Crippen LogP contribution in [-0.4, -0.2) is 37.9 Å². The molecule has 0 N–H and O–H groups in total. The molecule has 0 radical (unpaired) electrons. The van der Waals surface area contributed by atoms with Gasteiger partial charge in [0.15, 0.2) is 5.94 Å². The zero-order valence-corrected chi connectivity index (χ0v) is 22.4.